The lowest BCUT2D eigenvalue weighted by atomic mass is 9.91. The normalized spacial score (nSPS) is 20.0. The predicted molar refractivity (Wildman–Crippen MR) is 128 cm³/mol. The van der Waals surface area contributed by atoms with Crippen LogP contribution < -0.4 is 5.32 Å². The second kappa shape index (κ2) is 10.8. The highest BCUT2D eigenvalue weighted by Gasteiger charge is 2.47. The van der Waals surface area contributed by atoms with Crippen LogP contribution in [0.3, 0.4) is 0 Å². The number of aliphatic hydroxyl groups excluding tert-OH is 1. The van der Waals surface area contributed by atoms with Crippen LogP contribution in [-0.4, -0.2) is 45.2 Å². The molecular formula is C25H33FN2O4S. The van der Waals surface area contributed by atoms with E-state index in [0.29, 0.717) is 11.1 Å². The number of hydrogen-bond donors (Lipinski definition) is 2. The molecule has 1 aliphatic heterocycles. The molecule has 6 nitrogen and oxygen atoms in total. The van der Waals surface area contributed by atoms with E-state index < -0.39 is 32.6 Å². The van der Waals surface area contributed by atoms with Crippen LogP contribution in [0.15, 0.2) is 52.9 Å². The first-order valence-corrected chi connectivity index (χ1v) is 12.8. The summed E-state index contributed by atoms with van der Waals surface area (Å²) < 4.78 is 50.9. The lowest BCUT2D eigenvalue weighted by Gasteiger charge is -2.38. The SMILES string of the molecule is CNCCCc1ccc(C2C(C)(C)OC(C[C@@H](CCO)c3ccccc3F)=NS2(=O)=O)cc1. The number of ether oxygens (including phenoxy) is 1. The van der Waals surface area contributed by atoms with E-state index in [1.807, 2.05) is 31.3 Å². The van der Waals surface area contributed by atoms with Gasteiger partial charge in [0.25, 0.3) is 10.0 Å². The molecule has 8 heteroatoms. The summed E-state index contributed by atoms with van der Waals surface area (Å²) in [7, 11) is -2.01. The molecule has 2 aromatic carbocycles. The minimum absolute atomic E-state index is 0.0432. The zero-order chi connectivity index (χ0) is 24.1. The van der Waals surface area contributed by atoms with E-state index in [-0.39, 0.29) is 25.3 Å². The highest BCUT2D eigenvalue weighted by Crippen LogP contribution is 2.42. The van der Waals surface area contributed by atoms with Crippen LogP contribution in [0.2, 0.25) is 0 Å². The summed E-state index contributed by atoms with van der Waals surface area (Å²) >= 11 is 0. The number of benzene rings is 2. The van der Waals surface area contributed by atoms with Crippen molar-refractivity contribution in [3.8, 4) is 0 Å². The molecule has 0 fully saturated rings. The van der Waals surface area contributed by atoms with Crippen molar-refractivity contribution in [3.63, 3.8) is 0 Å². The summed E-state index contributed by atoms with van der Waals surface area (Å²) in [5.41, 5.74) is 1.11. The molecule has 2 atom stereocenters. The van der Waals surface area contributed by atoms with Gasteiger partial charge in [-0.05, 0) is 75.4 Å². The first-order valence-electron chi connectivity index (χ1n) is 11.3. The highest BCUT2D eigenvalue weighted by atomic mass is 32.2. The van der Waals surface area contributed by atoms with Crippen molar-refractivity contribution < 1.29 is 22.7 Å². The fourth-order valence-corrected chi connectivity index (χ4v) is 6.22. The van der Waals surface area contributed by atoms with E-state index in [1.165, 1.54) is 6.07 Å². The quantitative estimate of drug-likeness (QED) is 0.504. The number of aliphatic hydroxyl groups is 1. The van der Waals surface area contributed by atoms with E-state index in [0.717, 1.165) is 24.9 Å². The summed E-state index contributed by atoms with van der Waals surface area (Å²) in [6.07, 6.45) is 2.25. The summed E-state index contributed by atoms with van der Waals surface area (Å²) in [6.45, 7) is 4.22. The van der Waals surface area contributed by atoms with Crippen LogP contribution in [0.1, 0.15) is 61.0 Å². The Hall–Kier alpha value is -2.29. The van der Waals surface area contributed by atoms with Gasteiger partial charge in [0, 0.05) is 13.0 Å². The van der Waals surface area contributed by atoms with Gasteiger partial charge in [0.15, 0.2) is 0 Å². The molecule has 1 heterocycles. The number of nitrogens with one attached hydrogen (secondary N) is 1. The van der Waals surface area contributed by atoms with Crippen LogP contribution in [0.25, 0.3) is 0 Å². The van der Waals surface area contributed by atoms with Crippen molar-refractivity contribution in [1.29, 1.82) is 0 Å². The fourth-order valence-electron chi connectivity index (χ4n) is 4.45. The summed E-state index contributed by atoms with van der Waals surface area (Å²) in [5, 5.41) is 11.6. The number of sulfonamides is 1. The largest absolute Gasteiger partial charge is 0.472 e. The topological polar surface area (TPSA) is 88.0 Å². The van der Waals surface area contributed by atoms with Crippen LogP contribution in [0, 0.1) is 5.82 Å². The van der Waals surface area contributed by atoms with Crippen molar-refractivity contribution in [2.45, 2.75) is 56.3 Å². The number of nitrogens with zero attached hydrogens (tertiary/aromatic N) is 1. The molecule has 1 aliphatic rings. The van der Waals surface area contributed by atoms with Gasteiger partial charge in [-0.2, -0.15) is 0 Å². The first-order chi connectivity index (χ1) is 15.7. The average Bonchev–Trinajstić information content (AvgIpc) is 2.73. The van der Waals surface area contributed by atoms with Gasteiger partial charge in [-0.25, -0.2) is 12.8 Å². The monoisotopic (exact) mass is 476 g/mol. The van der Waals surface area contributed by atoms with E-state index in [1.54, 1.807) is 32.0 Å². The molecule has 0 spiro atoms. The van der Waals surface area contributed by atoms with E-state index >= 15 is 0 Å². The van der Waals surface area contributed by atoms with Crippen LogP contribution in [-0.2, 0) is 21.2 Å². The average molecular weight is 477 g/mol. The maximum Gasteiger partial charge on any atom is 0.267 e. The highest BCUT2D eigenvalue weighted by molar-refractivity contribution is 7.90. The summed E-state index contributed by atoms with van der Waals surface area (Å²) in [5.74, 6) is -0.807. The standard InChI is InChI=1S/C25H33FN2O4S/c1-25(2)24(19-12-10-18(11-13-19)7-6-15-27-3)33(30,31)28-23(32-25)17-20(14-16-29)21-8-4-5-9-22(21)26/h4-5,8-13,20,24,27,29H,6-7,14-17H2,1-3H3/t20-,24?/m1/s1. The maximum absolute atomic E-state index is 14.4. The van der Waals surface area contributed by atoms with Crippen LogP contribution in [0.5, 0.6) is 0 Å². The summed E-state index contributed by atoms with van der Waals surface area (Å²) in [6, 6.07) is 13.9. The fraction of sp³-hybridized carbons (Fsp3) is 0.480. The third-order valence-electron chi connectivity index (χ3n) is 5.96. The van der Waals surface area contributed by atoms with Crippen molar-refractivity contribution in [1.82, 2.24) is 5.32 Å². The van der Waals surface area contributed by atoms with Crippen LogP contribution in [0.4, 0.5) is 4.39 Å². The Morgan fingerprint density at radius 1 is 1.18 bits per heavy atom. The molecule has 0 saturated heterocycles. The predicted octanol–water partition coefficient (Wildman–Crippen LogP) is 4.11. The number of hydrogen-bond acceptors (Lipinski definition) is 5. The molecular weight excluding hydrogens is 443 g/mol. The molecule has 0 amide bonds. The van der Waals surface area contributed by atoms with Gasteiger partial charge in [0.05, 0.1) is 0 Å². The Bertz CT molecular complexity index is 1070. The Labute approximate surface area is 196 Å². The first kappa shape index (κ1) is 25.3. The molecule has 3 rings (SSSR count). The molecule has 33 heavy (non-hydrogen) atoms. The molecule has 0 saturated carbocycles. The van der Waals surface area contributed by atoms with Gasteiger partial charge in [0.2, 0.25) is 5.90 Å². The van der Waals surface area contributed by atoms with Gasteiger partial charge < -0.3 is 15.2 Å². The van der Waals surface area contributed by atoms with Gasteiger partial charge in [-0.15, -0.1) is 4.40 Å². The van der Waals surface area contributed by atoms with Crippen molar-refractivity contribution in [2.24, 2.45) is 4.40 Å². The molecule has 1 unspecified atom stereocenters. The summed E-state index contributed by atoms with van der Waals surface area (Å²) in [4.78, 5) is 0. The number of aryl methyl sites for hydroxylation is 1. The second-order valence-corrected chi connectivity index (χ2v) is 10.7. The van der Waals surface area contributed by atoms with E-state index in [2.05, 4.69) is 9.71 Å². The van der Waals surface area contributed by atoms with Gasteiger partial charge in [0.1, 0.15) is 16.7 Å². The van der Waals surface area contributed by atoms with Gasteiger partial charge in [-0.3, -0.25) is 0 Å². The number of rotatable bonds is 10. The molecule has 2 aromatic rings. The van der Waals surface area contributed by atoms with Crippen LogP contribution >= 0.6 is 0 Å². The Kier molecular flexibility index (Phi) is 8.26. The minimum atomic E-state index is -3.92. The second-order valence-electron chi connectivity index (χ2n) is 8.97. The third kappa shape index (κ3) is 6.19. The van der Waals surface area contributed by atoms with Gasteiger partial charge in [-0.1, -0.05) is 42.5 Å². The van der Waals surface area contributed by atoms with Crippen molar-refractivity contribution in [3.05, 3.63) is 71.0 Å². The van der Waals surface area contributed by atoms with Crippen molar-refractivity contribution >= 4 is 15.9 Å². The number of halogens is 1. The zero-order valence-corrected chi connectivity index (χ0v) is 20.2. The molecule has 0 radical (unpaired) electrons. The minimum Gasteiger partial charge on any atom is -0.472 e. The lowest BCUT2D eigenvalue weighted by Crippen LogP contribution is -2.43. The molecule has 0 bridgehead atoms. The zero-order valence-electron chi connectivity index (χ0n) is 19.4. The Morgan fingerprint density at radius 3 is 2.48 bits per heavy atom. The van der Waals surface area contributed by atoms with E-state index in [4.69, 9.17) is 4.74 Å². The molecule has 2 N–H and O–H groups in total. The Balaban J connectivity index is 1.85. The Morgan fingerprint density at radius 2 is 1.88 bits per heavy atom. The molecule has 0 aromatic heterocycles. The maximum atomic E-state index is 14.4. The molecule has 0 aliphatic carbocycles. The third-order valence-corrected chi connectivity index (χ3v) is 7.85. The lowest BCUT2D eigenvalue weighted by molar-refractivity contribution is 0.0797. The van der Waals surface area contributed by atoms with Crippen molar-refractivity contribution in [2.75, 3.05) is 20.2 Å². The van der Waals surface area contributed by atoms with E-state index in [9.17, 15) is 17.9 Å². The van der Waals surface area contributed by atoms with Gasteiger partial charge >= 0.3 is 0 Å². The molecule has 180 valence electrons. The smallest absolute Gasteiger partial charge is 0.267 e.